The van der Waals surface area contributed by atoms with E-state index in [1.807, 2.05) is 36.9 Å². The highest BCUT2D eigenvalue weighted by Crippen LogP contribution is 2.32. The first-order chi connectivity index (χ1) is 14.2. The predicted molar refractivity (Wildman–Crippen MR) is 113 cm³/mol. The van der Waals surface area contributed by atoms with Crippen LogP contribution in [0.2, 0.25) is 0 Å². The molecule has 8 nitrogen and oxygen atoms in total. The van der Waals surface area contributed by atoms with Crippen LogP contribution in [0.4, 0.5) is 5.69 Å². The summed E-state index contributed by atoms with van der Waals surface area (Å²) in [5.41, 5.74) is 1.88. The average Bonchev–Trinajstić information content (AvgIpc) is 3.29. The third-order valence-electron chi connectivity index (χ3n) is 4.96. The van der Waals surface area contributed by atoms with Crippen molar-refractivity contribution in [2.45, 2.75) is 39.3 Å². The van der Waals surface area contributed by atoms with Crippen LogP contribution in [-0.2, 0) is 5.60 Å². The number of rotatable bonds is 4. The van der Waals surface area contributed by atoms with Crippen LogP contribution in [0.5, 0.6) is 0 Å². The van der Waals surface area contributed by atoms with E-state index in [1.54, 1.807) is 42.8 Å². The van der Waals surface area contributed by atoms with Gasteiger partial charge < -0.3 is 14.8 Å². The zero-order valence-electron chi connectivity index (χ0n) is 17.2. The SMILES string of the molecule is CC(C)n1cc2cc(NC(=O)c3ccn4cc(C#N)cnc34)c(C(C)(C)O)cc2n1. The highest BCUT2D eigenvalue weighted by Gasteiger charge is 2.24. The summed E-state index contributed by atoms with van der Waals surface area (Å²) in [7, 11) is 0. The molecule has 0 unspecified atom stereocenters. The summed E-state index contributed by atoms with van der Waals surface area (Å²) in [6.45, 7) is 7.41. The first-order valence-corrected chi connectivity index (χ1v) is 9.61. The molecule has 1 aromatic carbocycles. The van der Waals surface area contributed by atoms with Crippen molar-refractivity contribution in [2.75, 3.05) is 5.32 Å². The number of fused-ring (bicyclic) bond motifs is 2. The Hall–Kier alpha value is -3.70. The summed E-state index contributed by atoms with van der Waals surface area (Å²) < 4.78 is 3.49. The number of hydrogen-bond donors (Lipinski definition) is 2. The lowest BCUT2D eigenvalue weighted by atomic mass is 9.95. The number of carbonyl (C=O) groups is 1. The molecule has 0 aliphatic carbocycles. The van der Waals surface area contributed by atoms with E-state index in [-0.39, 0.29) is 11.9 Å². The molecular weight excluding hydrogens is 380 g/mol. The van der Waals surface area contributed by atoms with Crippen LogP contribution in [0.25, 0.3) is 16.6 Å². The number of aliphatic hydroxyl groups is 1. The van der Waals surface area contributed by atoms with Gasteiger partial charge in [0, 0.05) is 47.5 Å². The molecule has 0 spiro atoms. The van der Waals surface area contributed by atoms with Crippen molar-refractivity contribution in [3.05, 3.63) is 59.7 Å². The van der Waals surface area contributed by atoms with Gasteiger partial charge in [-0.15, -0.1) is 0 Å². The Balaban J connectivity index is 1.77. The zero-order chi connectivity index (χ0) is 21.6. The number of hydrogen-bond acceptors (Lipinski definition) is 5. The summed E-state index contributed by atoms with van der Waals surface area (Å²) in [6.07, 6.45) is 6.65. The van der Waals surface area contributed by atoms with Gasteiger partial charge in [0.1, 0.15) is 11.7 Å². The summed E-state index contributed by atoms with van der Waals surface area (Å²) in [5.74, 6) is -0.351. The number of nitriles is 1. The lowest BCUT2D eigenvalue weighted by Gasteiger charge is -2.22. The van der Waals surface area contributed by atoms with Gasteiger partial charge in [0.25, 0.3) is 5.91 Å². The number of nitrogens with one attached hydrogen (secondary N) is 1. The van der Waals surface area contributed by atoms with Crippen LogP contribution >= 0.6 is 0 Å². The van der Waals surface area contributed by atoms with Crippen molar-refractivity contribution in [3.63, 3.8) is 0 Å². The molecular formula is C22H22N6O2. The number of nitrogens with zero attached hydrogens (tertiary/aromatic N) is 5. The first kappa shape index (κ1) is 19.6. The van der Waals surface area contributed by atoms with E-state index in [4.69, 9.17) is 5.26 Å². The monoisotopic (exact) mass is 402 g/mol. The van der Waals surface area contributed by atoms with Crippen LogP contribution in [0.1, 0.15) is 55.2 Å². The van der Waals surface area contributed by atoms with Crippen molar-refractivity contribution in [1.82, 2.24) is 19.2 Å². The largest absolute Gasteiger partial charge is 0.386 e. The second-order valence-corrected chi connectivity index (χ2v) is 8.09. The lowest BCUT2D eigenvalue weighted by molar-refractivity contribution is 0.0794. The van der Waals surface area contributed by atoms with E-state index in [1.165, 1.54) is 6.20 Å². The van der Waals surface area contributed by atoms with Gasteiger partial charge >= 0.3 is 0 Å². The van der Waals surface area contributed by atoms with E-state index in [2.05, 4.69) is 15.4 Å². The Bertz CT molecular complexity index is 1320. The van der Waals surface area contributed by atoms with E-state index >= 15 is 0 Å². The molecule has 3 aromatic heterocycles. The molecule has 152 valence electrons. The van der Waals surface area contributed by atoms with Gasteiger partial charge in [0.05, 0.1) is 22.2 Å². The van der Waals surface area contributed by atoms with Crippen LogP contribution in [0, 0.1) is 11.3 Å². The highest BCUT2D eigenvalue weighted by atomic mass is 16.3. The molecule has 0 saturated heterocycles. The molecule has 1 amide bonds. The molecule has 0 saturated carbocycles. The minimum absolute atomic E-state index is 0.193. The first-order valence-electron chi connectivity index (χ1n) is 9.61. The normalized spacial score (nSPS) is 11.9. The summed E-state index contributed by atoms with van der Waals surface area (Å²) in [5, 5.41) is 28.1. The van der Waals surface area contributed by atoms with Crippen molar-refractivity contribution in [2.24, 2.45) is 0 Å². The van der Waals surface area contributed by atoms with Crippen LogP contribution < -0.4 is 5.32 Å². The standard InChI is InChI=1S/C22H22N6O2/c1-13(2)28-12-15-7-19(17(22(3,4)30)8-18(15)26-28)25-21(29)16-5-6-27-11-14(9-23)10-24-20(16)27/h5-8,10-13,30H,1-4H3,(H,25,29). The molecule has 4 aromatic rings. The van der Waals surface area contributed by atoms with Gasteiger partial charge in [0.15, 0.2) is 0 Å². The van der Waals surface area contributed by atoms with Gasteiger partial charge in [-0.2, -0.15) is 10.4 Å². The fourth-order valence-electron chi connectivity index (χ4n) is 3.38. The molecule has 8 heteroatoms. The van der Waals surface area contributed by atoms with Crippen LogP contribution in [0.15, 0.2) is 43.0 Å². The molecule has 0 fully saturated rings. The second kappa shape index (κ2) is 6.97. The third-order valence-corrected chi connectivity index (χ3v) is 4.96. The molecule has 3 heterocycles. The average molecular weight is 402 g/mol. The molecule has 0 radical (unpaired) electrons. The van der Waals surface area contributed by atoms with Gasteiger partial charge in [-0.25, -0.2) is 4.98 Å². The molecule has 0 atom stereocenters. The van der Waals surface area contributed by atoms with E-state index in [0.717, 1.165) is 10.9 Å². The van der Waals surface area contributed by atoms with E-state index in [9.17, 15) is 9.90 Å². The summed E-state index contributed by atoms with van der Waals surface area (Å²) in [4.78, 5) is 17.3. The quantitative estimate of drug-likeness (QED) is 0.542. The number of anilines is 1. The highest BCUT2D eigenvalue weighted by molar-refractivity contribution is 6.09. The van der Waals surface area contributed by atoms with Crippen LogP contribution in [0.3, 0.4) is 0 Å². The lowest BCUT2D eigenvalue weighted by Crippen LogP contribution is -2.21. The maximum Gasteiger partial charge on any atom is 0.259 e. The van der Waals surface area contributed by atoms with Gasteiger partial charge in [-0.1, -0.05) is 0 Å². The van der Waals surface area contributed by atoms with Gasteiger partial charge in [-0.05, 0) is 45.9 Å². The van der Waals surface area contributed by atoms with Gasteiger partial charge in [0.2, 0.25) is 0 Å². The Morgan fingerprint density at radius 3 is 2.73 bits per heavy atom. The van der Waals surface area contributed by atoms with E-state index in [0.29, 0.717) is 28.0 Å². The number of aromatic nitrogens is 4. The number of benzene rings is 1. The smallest absolute Gasteiger partial charge is 0.259 e. The van der Waals surface area contributed by atoms with Crippen molar-refractivity contribution < 1.29 is 9.90 Å². The maximum atomic E-state index is 13.0. The van der Waals surface area contributed by atoms with Gasteiger partial charge in [-0.3, -0.25) is 9.48 Å². The topological polar surface area (TPSA) is 108 Å². The Kier molecular flexibility index (Phi) is 4.56. The molecule has 0 aliphatic rings. The summed E-state index contributed by atoms with van der Waals surface area (Å²) in [6, 6.07) is 7.50. The predicted octanol–water partition coefficient (Wildman–Crippen LogP) is 3.62. The molecule has 0 aliphatic heterocycles. The van der Waals surface area contributed by atoms with Crippen LogP contribution in [-0.4, -0.2) is 30.2 Å². The molecule has 30 heavy (non-hydrogen) atoms. The zero-order valence-corrected chi connectivity index (χ0v) is 17.2. The fraction of sp³-hybridized carbons (Fsp3) is 0.273. The number of carbonyl (C=O) groups excluding carboxylic acids is 1. The minimum Gasteiger partial charge on any atom is -0.386 e. The van der Waals surface area contributed by atoms with Crippen molar-refractivity contribution >= 4 is 28.1 Å². The molecule has 0 bridgehead atoms. The fourth-order valence-corrected chi connectivity index (χ4v) is 3.38. The third kappa shape index (κ3) is 3.40. The maximum absolute atomic E-state index is 13.0. The van der Waals surface area contributed by atoms with E-state index < -0.39 is 5.60 Å². The Labute approximate surface area is 173 Å². The molecule has 2 N–H and O–H groups in total. The Morgan fingerprint density at radius 1 is 1.30 bits per heavy atom. The number of amides is 1. The van der Waals surface area contributed by atoms with Crippen molar-refractivity contribution in [1.29, 1.82) is 5.26 Å². The Morgan fingerprint density at radius 2 is 2.07 bits per heavy atom. The summed E-state index contributed by atoms with van der Waals surface area (Å²) >= 11 is 0. The minimum atomic E-state index is -1.18. The second-order valence-electron chi connectivity index (χ2n) is 8.09. The van der Waals surface area contributed by atoms with Crippen molar-refractivity contribution in [3.8, 4) is 6.07 Å². The molecule has 4 rings (SSSR count).